The highest BCUT2D eigenvalue weighted by Gasteiger charge is 2.28. The number of carbonyl (C=O) groups is 1. The molecule has 0 bridgehead atoms. The molecule has 1 aliphatic rings. The van der Waals surface area contributed by atoms with Crippen LogP contribution in [-0.2, 0) is 4.79 Å². The van der Waals surface area contributed by atoms with E-state index in [1.165, 1.54) is 18.2 Å². The van der Waals surface area contributed by atoms with Gasteiger partial charge in [0.25, 0.3) is 5.69 Å². The second-order valence-electron chi connectivity index (χ2n) is 4.44. The number of nitrogens with zero attached hydrogens (tertiary/aromatic N) is 2. The van der Waals surface area contributed by atoms with Gasteiger partial charge in [-0.05, 0) is 12.1 Å². The Morgan fingerprint density at radius 2 is 2.16 bits per heavy atom. The van der Waals surface area contributed by atoms with E-state index in [2.05, 4.69) is 0 Å². The number of hydrogen-bond donors (Lipinski definition) is 1. The number of likely N-dealkylation sites (tertiary alicyclic amines) is 1. The normalized spacial score (nSPS) is 15.5. The number of para-hydroxylation sites is 1. The number of rotatable bonds is 4. The summed E-state index contributed by atoms with van der Waals surface area (Å²) in [5, 5.41) is 19.7. The Bertz CT molecular complexity index is 521. The zero-order valence-electron chi connectivity index (χ0n) is 10.2. The molecule has 100 valence electrons. The van der Waals surface area contributed by atoms with Crippen molar-refractivity contribution in [3.8, 4) is 0 Å². The molecule has 0 spiro atoms. The third-order valence-corrected chi connectivity index (χ3v) is 3.07. The summed E-state index contributed by atoms with van der Waals surface area (Å²) in [6.45, 7) is 1.16. The van der Waals surface area contributed by atoms with Gasteiger partial charge in [-0.25, -0.2) is 0 Å². The van der Waals surface area contributed by atoms with Crippen molar-refractivity contribution in [2.24, 2.45) is 5.92 Å². The van der Waals surface area contributed by atoms with Crippen LogP contribution in [0.1, 0.15) is 5.56 Å². The fourth-order valence-electron chi connectivity index (χ4n) is 1.93. The Morgan fingerprint density at radius 1 is 1.47 bits per heavy atom. The lowest BCUT2D eigenvalue weighted by molar-refractivity contribution is -0.385. The van der Waals surface area contributed by atoms with Crippen LogP contribution in [0.3, 0.4) is 0 Å². The molecular formula is C13H14N2O4. The summed E-state index contributed by atoms with van der Waals surface area (Å²) in [6, 6.07) is 6.26. The van der Waals surface area contributed by atoms with Crippen molar-refractivity contribution >= 4 is 17.7 Å². The molecule has 2 rings (SSSR count). The molecule has 0 saturated carbocycles. The van der Waals surface area contributed by atoms with Crippen molar-refractivity contribution in [3.63, 3.8) is 0 Å². The van der Waals surface area contributed by atoms with Gasteiger partial charge < -0.3 is 10.0 Å². The molecule has 1 saturated heterocycles. The van der Waals surface area contributed by atoms with Crippen LogP contribution in [0.4, 0.5) is 5.69 Å². The van der Waals surface area contributed by atoms with Gasteiger partial charge in [-0.1, -0.05) is 12.1 Å². The van der Waals surface area contributed by atoms with E-state index in [-0.39, 0.29) is 24.1 Å². The maximum atomic E-state index is 11.7. The summed E-state index contributed by atoms with van der Waals surface area (Å²) in [6.07, 6.45) is 2.78. The van der Waals surface area contributed by atoms with Gasteiger partial charge in [0.2, 0.25) is 5.91 Å². The van der Waals surface area contributed by atoms with E-state index in [1.54, 1.807) is 23.1 Å². The Labute approximate surface area is 110 Å². The largest absolute Gasteiger partial charge is 0.396 e. The van der Waals surface area contributed by atoms with Crippen LogP contribution in [-0.4, -0.2) is 40.5 Å². The fraction of sp³-hybridized carbons (Fsp3) is 0.308. The monoisotopic (exact) mass is 262 g/mol. The molecule has 1 N–H and O–H groups in total. The maximum absolute atomic E-state index is 11.7. The predicted molar refractivity (Wildman–Crippen MR) is 69.3 cm³/mol. The van der Waals surface area contributed by atoms with Gasteiger partial charge in [0, 0.05) is 37.8 Å². The SMILES string of the molecule is O=C(C=Cc1ccccc1[N+](=O)[O-])N1CC(CO)C1. The number of aliphatic hydroxyl groups is 1. The molecule has 19 heavy (non-hydrogen) atoms. The van der Waals surface area contributed by atoms with Gasteiger partial charge in [-0.3, -0.25) is 14.9 Å². The van der Waals surface area contributed by atoms with Gasteiger partial charge in [0.15, 0.2) is 0 Å². The molecule has 1 aliphatic heterocycles. The molecule has 1 aromatic rings. The smallest absolute Gasteiger partial charge is 0.276 e. The summed E-state index contributed by atoms with van der Waals surface area (Å²) >= 11 is 0. The number of benzene rings is 1. The second kappa shape index (κ2) is 5.62. The summed E-state index contributed by atoms with van der Waals surface area (Å²) in [4.78, 5) is 23.6. The third kappa shape index (κ3) is 2.97. The molecule has 0 aliphatic carbocycles. The van der Waals surface area contributed by atoms with Crippen LogP contribution < -0.4 is 0 Å². The number of aliphatic hydroxyl groups excluding tert-OH is 1. The van der Waals surface area contributed by atoms with Crippen LogP contribution >= 0.6 is 0 Å². The van der Waals surface area contributed by atoms with Gasteiger partial charge >= 0.3 is 0 Å². The second-order valence-corrected chi connectivity index (χ2v) is 4.44. The number of carbonyl (C=O) groups excluding carboxylic acids is 1. The van der Waals surface area contributed by atoms with E-state index < -0.39 is 4.92 Å². The highest BCUT2D eigenvalue weighted by Crippen LogP contribution is 2.20. The third-order valence-electron chi connectivity index (χ3n) is 3.07. The zero-order chi connectivity index (χ0) is 13.8. The van der Waals surface area contributed by atoms with Crippen LogP contribution in [0.2, 0.25) is 0 Å². The molecular weight excluding hydrogens is 248 g/mol. The van der Waals surface area contributed by atoms with E-state index in [1.807, 2.05) is 0 Å². The Kier molecular flexibility index (Phi) is 3.91. The topological polar surface area (TPSA) is 83.7 Å². The van der Waals surface area contributed by atoms with Crippen molar-refractivity contribution < 1.29 is 14.8 Å². The van der Waals surface area contributed by atoms with E-state index in [0.717, 1.165) is 0 Å². The minimum atomic E-state index is -0.477. The first-order valence-electron chi connectivity index (χ1n) is 5.93. The summed E-state index contributed by atoms with van der Waals surface area (Å²) < 4.78 is 0. The average Bonchev–Trinajstić information content (AvgIpc) is 2.35. The molecule has 1 heterocycles. The van der Waals surface area contributed by atoms with Gasteiger partial charge in [0.05, 0.1) is 10.5 Å². The number of nitro benzene ring substituents is 1. The Morgan fingerprint density at radius 3 is 2.79 bits per heavy atom. The summed E-state index contributed by atoms with van der Waals surface area (Å²) in [5.41, 5.74) is 0.378. The Balaban J connectivity index is 2.03. The van der Waals surface area contributed by atoms with E-state index in [9.17, 15) is 14.9 Å². The van der Waals surface area contributed by atoms with Gasteiger partial charge in [-0.2, -0.15) is 0 Å². The first-order chi connectivity index (χ1) is 9.11. The molecule has 1 amide bonds. The summed E-state index contributed by atoms with van der Waals surface area (Å²) in [7, 11) is 0. The molecule has 0 unspecified atom stereocenters. The predicted octanol–water partition coefficient (Wildman–Crippen LogP) is 1.06. The minimum Gasteiger partial charge on any atom is -0.396 e. The highest BCUT2D eigenvalue weighted by atomic mass is 16.6. The van der Waals surface area contributed by atoms with Gasteiger partial charge in [-0.15, -0.1) is 0 Å². The lowest BCUT2D eigenvalue weighted by Gasteiger charge is -2.37. The van der Waals surface area contributed by atoms with E-state index >= 15 is 0 Å². The van der Waals surface area contributed by atoms with Crippen molar-refractivity contribution in [3.05, 3.63) is 46.0 Å². The van der Waals surface area contributed by atoms with Crippen LogP contribution in [0.25, 0.3) is 6.08 Å². The van der Waals surface area contributed by atoms with E-state index in [0.29, 0.717) is 18.7 Å². The lowest BCUT2D eigenvalue weighted by atomic mass is 10.0. The lowest BCUT2D eigenvalue weighted by Crippen LogP contribution is -2.50. The van der Waals surface area contributed by atoms with E-state index in [4.69, 9.17) is 5.11 Å². The molecule has 6 heteroatoms. The molecule has 0 radical (unpaired) electrons. The van der Waals surface area contributed by atoms with Crippen molar-refractivity contribution in [1.82, 2.24) is 4.90 Å². The summed E-state index contributed by atoms with van der Waals surface area (Å²) in [5.74, 6) is -0.0359. The number of nitro groups is 1. The highest BCUT2D eigenvalue weighted by molar-refractivity contribution is 5.92. The average molecular weight is 262 g/mol. The van der Waals surface area contributed by atoms with Crippen molar-refractivity contribution in [1.29, 1.82) is 0 Å². The molecule has 1 aromatic carbocycles. The molecule has 0 atom stereocenters. The molecule has 0 aromatic heterocycles. The first kappa shape index (κ1) is 13.2. The number of hydrogen-bond acceptors (Lipinski definition) is 4. The molecule has 1 fully saturated rings. The Hall–Kier alpha value is -2.21. The quantitative estimate of drug-likeness (QED) is 0.499. The van der Waals surface area contributed by atoms with Crippen molar-refractivity contribution in [2.45, 2.75) is 0 Å². The maximum Gasteiger partial charge on any atom is 0.276 e. The van der Waals surface area contributed by atoms with Crippen LogP contribution in [0, 0.1) is 16.0 Å². The standard InChI is InChI=1S/C13H14N2O4/c16-9-10-7-14(8-10)13(17)6-5-11-3-1-2-4-12(11)15(18)19/h1-6,10,16H,7-9H2. The molecule has 6 nitrogen and oxygen atoms in total. The zero-order valence-corrected chi connectivity index (χ0v) is 10.2. The first-order valence-corrected chi connectivity index (χ1v) is 5.93. The number of amides is 1. The van der Waals surface area contributed by atoms with Crippen LogP contribution in [0.15, 0.2) is 30.3 Å². The minimum absolute atomic E-state index is 0.0246. The fourth-order valence-corrected chi connectivity index (χ4v) is 1.93. The van der Waals surface area contributed by atoms with Gasteiger partial charge in [0.1, 0.15) is 0 Å². The van der Waals surface area contributed by atoms with Crippen molar-refractivity contribution in [2.75, 3.05) is 19.7 Å². The van der Waals surface area contributed by atoms with Crippen LogP contribution in [0.5, 0.6) is 0 Å².